The van der Waals surface area contributed by atoms with Crippen molar-refractivity contribution in [3.8, 4) is 0 Å². The lowest BCUT2D eigenvalue weighted by molar-refractivity contribution is -0.139. The summed E-state index contributed by atoms with van der Waals surface area (Å²) >= 11 is 3.36. The predicted molar refractivity (Wildman–Crippen MR) is 104 cm³/mol. The standard InChI is InChI=1S/C19H26BrN3O3/c1-13(2)21-17(24)12-22(3)18(25)15-8-10-23(11-9-15)19(26)14-4-6-16(20)7-5-14/h4-7,13,15H,8-12H2,1-3H3,(H,21,24). The molecule has 0 unspecified atom stereocenters. The van der Waals surface area contributed by atoms with Crippen LogP contribution >= 0.6 is 15.9 Å². The monoisotopic (exact) mass is 423 g/mol. The largest absolute Gasteiger partial charge is 0.352 e. The van der Waals surface area contributed by atoms with Crippen LogP contribution in [0.15, 0.2) is 28.7 Å². The second-order valence-electron chi connectivity index (χ2n) is 6.99. The molecule has 1 aliphatic rings. The van der Waals surface area contributed by atoms with Gasteiger partial charge < -0.3 is 15.1 Å². The zero-order valence-corrected chi connectivity index (χ0v) is 17.1. The normalized spacial score (nSPS) is 15.0. The van der Waals surface area contributed by atoms with Crippen molar-refractivity contribution >= 4 is 33.7 Å². The zero-order valence-electron chi connectivity index (χ0n) is 15.5. The molecule has 0 radical (unpaired) electrons. The van der Waals surface area contributed by atoms with E-state index in [9.17, 15) is 14.4 Å². The number of amides is 3. The number of carbonyl (C=O) groups is 3. The van der Waals surface area contributed by atoms with Gasteiger partial charge in [0.25, 0.3) is 5.91 Å². The van der Waals surface area contributed by atoms with Crippen LogP contribution in [0.2, 0.25) is 0 Å². The summed E-state index contributed by atoms with van der Waals surface area (Å²) in [6.45, 7) is 4.94. The molecule has 0 atom stereocenters. The van der Waals surface area contributed by atoms with Gasteiger partial charge in [-0.2, -0.15) is 0 Å². The van der Waals surface area contributed by atoms with Crippen molar-refractivity contribution in [3.05, 3.63) is 34.3 Å². The van der Waals surface area contributed by atoms with Crippen molar-refractivity contribution in [1.29, 1.82) is 0 Å². The summed E-state index contributed by atoms with van der Waals surface area (Å²) in [5.74, 6) is -0.327. The van der Waals surface area contributed by atoms with Gasteiger partial charge >= 0.3 is 0 Å². The molecule has 6 nitrogen and oxygen atoms in total. The Hall–Kier alpha value is -1.89. The summed E-state index contributed by atoms with van der Waals surface area (Å²) in [4.78, 5) is 40.2. The van der Waals surface area contributed by atoms with Crippen molar-refractivity contribution in [3.63, 3.8) is 0 Å². The Kier molecular flexibility index (Phi) is 7.20. The lowest BCUT2D eigenvalue weighted by atomic mass is 9.95. The number of likely N-dealkylation sites (tertiary alicyclic amines) is 1. The van der Waals surface area contributed by atoms with Gasteiger partial charge in [0.1, 0.15) is 0 Å². The van der Waals surface area contributed by atoms with E-state index in [2.05, 4.69) is 21.2 Å². The Morgan fingerprint density at radius 2 is 1.77 bits per heavy atom. The molecule has 1 fully saturated rings. The van der Waals surface area contributed by atoms with E-state index in [4.69, 9.17) is 0 Å². The third-order valence-corrected chi connectivity index (χ3v) is 4.96. The van der Waals surface area contributed by atoms with E-state index >= 15 is 0 Å². The highest BCUT2D eigenvalue weighted by Gasteiger charge is 2.30. The molecule has 0 aliphatic carbocycles. The van der Waals surface area contributed by atoms with Crippen molar-refractivity contribution in [2.45, 2.75) is 32.7 Å². The number of nitrogens with zero attached hydrogens (tertiary/aromatic N) is 2. The quantitative estimate of drug-likeness (QED) is 0.789. The van der Waals surface area contributed by atoms with Crippen LogP contribution in [-0.2, 0) is 9.59 Å². The first kappa shape index (κ1) is 20.4. The molecule has 0 bridgehead atoms. The van der Waals surface area contributed by atoms with Gasteiger partial charge in [0.05, 0.1) is 6.54 Å². The third kappa shape index (κ3) is 5.56. The minimum absolute atomic E-state index is 0.00642. The highest BCUT2D eigenvalue weighted by Crippen LogP contribution is 2.21. The van der Waals surface area contributed by atoms with Gasteiger partial charge in [0.2, 0.25) is 11.8 Å². The molecular weight excluding hydrogens is 398 g/mol. The van der Waals surface area contributed by atoms with Crippen LogP contribution in [0.3, 0.4) is 0 Å². The van der Waals surface area contributed by atoms with E-state index in [1.807, 2.05) is 26.0 Å². The lowest BCUT2D eigenvalue weighted by Gasteiger charge is -2.33. The average Bonchev–Trinajstić information content (AvgIpc) is 2.60. The first-order valence-electron chi connectivity index (χ1n) is 8.87. The highest BCUT2D eigenvalue weighted by atomic mass is 79.9. The number of piperidine rings is 1. The molecule has 1 N–H and O–H groups in total. The SMILES string of the molecule is CC(C)NC(=O)CN(C)C(=O)C1CCN(C(=O)c2ccc(Br)cc2)CC1. The molecular formula is C19H26BrN3O3. The van der Waals surface area contributed by atoms with Crippen LogP contribution in [0.4, 0.5) is 0 Å². The molecule has 1 aromatic carbocycles. The third-order valence-electron chi connectivity index (χ3n) is 4.43. The smallest absolute Gasteiger partial charge is 0.253 e. The summed E-state index contributed by atoms with van der Waals surface area (Å²) in [6.07, 6.45) is 1.24. The molecule has 2 rings (SSSR count). The van der Waals surface area contributed by atoms with Gasteiger partial charge in [-0.15, -0.1) is 0 Å². The molecule has 0 saturated carbocycles. The number of hydrogen-bond acceptors (Lipinski definition) is 3. The van der Waals surface area contributed by atoms with E-state index in [1.54, 1.807) is 24.1 Å². The summed E-state index contributed by atoms with van der Waals surface area (Å²) in [6, 6.07) is 7.34. The maximum Gasteiger partial charge on any atom is 0.253 e. The van der Waals surface area contributed by atoms with Crippen LogP contribution < -0.4 is 5.32 Å². The molecule has 3 amide bonds. The van der Waals surface area contributed by atoms with Gasteiger partial charge in [-0.1, -0.05) is 15.9 Å². The second kappa shape index (κ2) is 9.16. The van der Waals surface area contributed by atoms with Gasteiger partial charge in [0, 0.05) is 42.1 Å². The minimum Gasteiger partial charge on any atom is -0.352 e. The van der Waals surface area contributed by atoms with E-state index < -0.39 is 0 Å². The fraction of sp³-hybridized carbons (Fsp3) is 0.526. The number of nitrogens with one attached hydrogen (secondary N) is 1. The Morgan fingerprint density at radius 1 is 1.19 bits per heavy atom. The number of rotatable bonds is 5. The maximum atomic E-state index is 12.5. The maximum absolute atomic E-state index is 12.5. The molecule has 0 spiro atoms. The number of benzene rings is 1. The Balaban J connectivity index is 1.85. The molecule has 0 aromatic heterocycles. The van der Waals surface area contributed by atoms with Crippen molar-refractivity contribution in [2.24, 2.45) is 5.92 Å². The van der Waals surface area contributed by atoms with Gasteiger partial charge in [-0.25, -0.2) is 0 Å². The summed E-state index contributed by atoms with van der Waals surface area (Å²) in [7, 11) is 1.65. The molecule has 1 aliphatic heterocycles. The molecule has 1 aromatic rings. The van der Waals surface area contributed by atoms with E-state index in [0.29, 0.717) is 31.5 Å². The van der Waals surface area contributed by atoms with E-state index in [1.165, 1.54) is 4.90 Å². The zero-order chi connectivity index (χ0) is 19.3. The van der Waals surface area contributed by atoms with Gasteiger partial charge in [0.15, 0.2) is 0 Å². The minimum atomic E-state index is -0.154. The van der Waals surface area contributed by atoms with Gasteiger partial charge in [-0.3, -0.25) is 14.4 Å². The first-order chi connectivity index (χ1) is 12.3. The average molecular weight is 424 g/mol. The van der Waals surface area contributed by atoms with Crippen LogP contribution in [0, 0.1) is 5.92 Å². The summed E-state index contributed by atoms with van der Waals surface area (Å²) < 4.78 is 0.933. The fourth-order valence-corrected chi connectivity index (χ4v) is 3.34. The highest BCUT2D eigenvalue weighted by molar-refractivity contribution is 9.10. The molecule has 1 heterocycles. The fourth-order valence-electron chi connectivity index (χ4n) is 3.08. The number of hydrogen-bond donors (Lipinski definition) is 1. The number of likely N-dealkylation sites (N-methyl/N-ethyl adjacent to an activating group) is 1. The van der Waals surface area contributed by atoms with E-state index in [0.717, 1.165) is 4.47 Å². The molecule has 1 saturated heterocycles. The van der Waals surface area contributed by atoms with Crippen LogP contribution in [0.1, 0.15) is 37.0 Å². The number of carbonyl (C=O) groups excluding carboxylic acids is 3. The van der Waals surface area contributed by atoms with Gasteiger partial charge in [-0.05, 0) is 51.0 Å². The van der Waals surface area contributed by atoms with Crippen LogP contribution in [-0.4, -0.2) is 60.2 Å². The van der Waals surface area contributed by atoms with Crippen LogP contribution in [0.25, 0.3) is 0 Å². The Labute approximate surface area is 163 Å². The Morgan fingerprint density at radius 3 is 2.31 bits per heavy atom. The molecule has 7 heteroatoms. The molecule has 142 valence electrons. The molecule has 26 heavy (non-hydrogen) atoms. The first-order valence-corrected chi connectivity index (χ1v) is 9.66. The summed E-state index contributed by atoms with van der Waals surface area (Å²) in [5.41, 5.74) is 0.653. The summed E-state index contributed by atoms with van der Waals surface area (Å²) in [5, 5.41) is 2.79. The van der Waals surface area contributed by atoms with Crippen LogP contribution in [0.5, 0.6) is 0 Å². The Bertz CT molecular complexity index is 652. The topological polar surface area (TPSA) is 69.7 Å². The van der Waals surface area contributed by atoms with Crippen molar-refractivity contribution in [2.75, 3.05) is 26.7 Å². The predicted octanol–water partition coefficient (Wildman–Crippen LogP) is 2.28. The van der Waals surface area contributed by atoms with Crippen molar-refractivity contribution in [1.82, 2.24) is 15.1 Å². The number of halogens is 1. The van der Waals surface area contributed by atoms with Crippen molar-refractivity contribution < 1.29 is 14.4 Å². The lowest BCUT2D eigenvalue weighted by Crippen LogP contribution is -2.46. The second-order valence-corrected chi connectivity index (χ2v) is 7.91. The van der Waals surface area contributed by atoms with E-state index in [-0.39, 0.29) is 36.2 Å².